The summed E-state index contributed by atoms with van der Waals surface area (Å²) in [6, 6.07) is 0. The van der Waals surface area contributed by atoms with Crippen molar-refractivity contribution < 1.29 is 14.9 Å². The first-order chi connectivity index (χ1) is 9.06. The summed E-state index contributed by atoms with van der Waals surface area (Å²) in [5, 5.41) is 19.9. The van der Waals surface area contributed by atoms with Crippen LogP contribution in [0.3, 0.4) is 0 Å². The Morgan fingerprint density at radius 1 is 1.42 bits per heavy atom. The van der Waals surface area contributed by atoms with Crippen molar-refractivity contribution >= 4 is 17.1 Å². The standard InChI is InChI=1S/C10H11N5O4/c11-10-13-7-4(9(18)14-10)12-8-5(17)6-2(16)1-3(19-6)15(7)8/h2-3,5-6,16-17H,1H2,(H3,11,13,14,18). The minimum atomic E-state index is -1.09. The normalized spacial score (nSPS) is 32.7. The molecule has 2 bridgehead atoms. The third kappa shape index (κ3) is 1.26. The topological polar surface area (TPSA) is 139 Å². The van der Waals surface area contributed by atoms with Crippen LogP contribution in [0.1, 0.15) is 24.6 Å². The first-order valence-corrected chi connectivity index (χ1v) is 5.85. The molecule has 4 unspecified atom stereocenters. The van der Waals surface area contributed by atoms with Gasteiger partial charge in [-0.2, -0.15) is 4.98 Å². The van der Waals surface area contributed by atoms with E-state index in [4.69, 9.17) is 10.5 Å². The van der Waals surface area contributed by atoms with E-state index in [9.17, 15) is 15.0 Å². The second kappa shape index (κ2) is 3.32. The van der Waals surface area contributed by atoms with Crippen LogP contribution < -0.4 is 11.3 Å². The number of aromatic nitrogens is 4. The highest BCUT2D eigenvalue weighted by Crippen LogP contribution is 2.42. The average molecular weight is 265 g/mol. The summed E-state index contributed by atoms with van der Waals surface area (Å²) in [5.41, 5.74) is 5.41. The van der Waals surface area contributed by atoms with E-state index in [-0.39, 0.29) is 22.9 Å². The number of anilines is 1. The monoisotopic (exact) mass is 265 g/mol. The van der Waals surface area contributed by atoms with E-state index in [1.165, 1.54) is 4.57 Å². The number of hydrogen-bond acceptors (Lipinski definition) is 7. The first kappa shape index (κ1) is 10.9. The van der Waals surface area contributed by atoms with Crippen molar-refractivity contribution in [2.75, 3.05) is 5.73 Å². The molecule has 2 aromatic heterocycles. The van der Waals surface area contributed by atoms with Crippen LogP contribution in [0, 0.1) is 0 Å². The van der Waals surface area contributed by atoms with Crippen LogP contribution in [0.4, 0.5) is 5.95 Å². The fourth-order valence-electron chi connectivity index (χ4n) is 2.78. The molecule has 0 spiro atoms. The van der Waals surface area contributed by atoms with Gasteiger partial charge >= 0.3 is 0 Å². The molecule has 1 saturated heterocycles. The minimum absolute atomic E-state index is 0.0321. The number of aliphatic hydroxyl groups excluding tert-OH is 2. The van der Waals surface area contributed by atoms with Crippen LogP contribution in [-0.4, -0.2) is 41.9 Å². The molecule has 9 heteroatoms. The number of nitrogens with one attached hydrogen (secondary N) is 1. The summed E-state index contributed by atoms with van der Waals surface area (Å²) in [5.74, 6) is 0.242. The quantitative estimate of drug-likeness (QED) is 0.449. The number of nitrogens with two attached hydrogens (primary N) is 1. The lowest BCUT2D eigenvalue weighted by molar-refractivity contribution is -0.110. The Kier molecular flexibility index (Phi) is 1.91. The highest BCUT2D eigenvalue weighted by Gasteiger charge is 2.48. The van der Waals surface area contributed by atoms with Crippen LogP contribution >= 0.6 is 0 Å². The molecule has 4 rings (SSSR count). The summed E-state index contributed by atoms with van der Waals surface area (Å²) in [4.78, 5) is 22.3. The molecule has 9 nitrogen and oxygen atoms in total. The molecule has 2 aliphatic rings. The number of ether oxygens (including phenoxy) is 1. The third-order valence-electron chi connectivity index (χ3n) is 3.60. The number of nitrogens with zero attached hydrogens (tertiary/aromatic N) is 3. The van der Waals surface area contributed by atoms with E-state index in [1.54, 1.807) is 0 Å². The van der Waals surface area contributed by atoms with E-state index in [1.807, 2.05) is 0 Å². The van der Waals surface area contributed by atoms with Crippen molar-refractivity contribution in [1.29, 1.82) is 0 Å². The predicted octanol–water partition coefficient (Wildman–Crippen LogP) is -1.60. The van der Waals surface area contributed by atoms with Gasteiger partial charge in [0.1, 0.15) is 24.3 Å². The molecular formula is C10H11N5O4. The zero-order valence-corrected chi connectivity index (χ0v) is 9.65. The van der Waals surface area contributed by atoms with Crippen molar-refractivity contribution in [2.24, 2.45) is 0 Å². The molecule has 0 aromatic carbocycles. The molecule has 0 amide bonds. The molecule has 100 valence electrons. The lowest BCUT2D eigenvalue weighted by Crippen LogP contribution is -2.33. The van der Waals surface area contributed by atoms with Gasteiger partial charge in [-0.3, -0.25) is 14.3 Å². The number of H-pyrrole nitrogens is 1. The summed E-state index contributed by atoms with van der Waals surface area (Å²) >= 11 is 0. The summed E-state index contributed by atoms with van der Waals surface area (Å²) in [6.45, 7) is 0. The van der Waals surface area contributed by atoms with Gasteiger partial charge in [-0.15, -0.1) is 0 Å². The smallest absolute Gasteiger partial charge is 0.280 e. The second-order valence-corrected chi connectivity index (χ2v) is 4.77. The van der Waals surface area contributed by atoms with Crippen molar-refractivity contribution in [3.05, 3.63) is 16.2 Å². The van der Waals surface area contributed by atoms with Crippen molar-refractivity contribution in [2.45, 2.75) is 31.0 Å². The molecule has 2 aliphatic heterocycles. The number of fused-ring (bicyclic) bond motifs is 6. The van der Waals surface area contributed by atoms with Crippen LogP contribution in [-0.2, 0) is 4.74 Å². The van der Waals surface area contributed by atoms with Gasteiger partial charge in [-0.1, -0.05) is 0 Å². The second-order valence-electron chi connectivity index (χ2n) is 4.77. The molecular weight excluding hydrogens is 254 g/mol. The Morgan fingerprint density at radius 3 is 3.00 bits per heavy atom. The van der Waals surface area contributed by atoms with Crippen LogP contribution in [0.5, 0.6) is 0 Å². The van der Waals surface area contributed by atoms with Crippen LogP contribution in [0.25, 0.3) is 11.2 Å². The Morgan fingerprint density at radius 2 is 2.21 bits per heavy atom. The van der Waals surface area contributed by atoms with E-state index in [0.717, 1.165) is 0 Å². The van der Waals surface area contributed by atoms with Gasteiger partial charge in [-0.25, -0.2) is 4.98 Å². The molecule has 4 heterocycles. The Labute approximate surface area is 105 Å². The van der Waals surface area contributed by atoms with Crippen molar-refractivity contribution in [1.82, 2.24) is 19.5 Å². The van der Waals surface area contributed by atoms with Gasteiger partial charge in [0.2, 0.25) is 5.95 Å². The van der Waals surface area contributed by atoms with E-state index < -0.39 is 30.1 Å². The number of aliphatic hydroxyl groups is 2. The lowest BCUT2D eigenvalue weighted by Gasteiger charge is -2.27. The summed E-state index contributed by atoms with van der Waals surface area (Å²) < 4.78 is 7.05. The highest BCUT2D eigenvalue weighted by molar-refractivity contribution is 5.72. The number of hydrogen-bond donors (Lipinski definition) is 4. The fourth-order valence-corrected chi connectivity index (χ4v) is 2.78. The van der Waals surface area contributed by atoms with Crippen LogP contribution in [0.2, 0.25) is 0 Å². The molecule has 5 N–H and O–H groups in total. The summed E-state index contributed by atoms with van der Waals surface area (Å²) in [6.07, 6.45) is -2.75. The van der Waals surface area contributed by atoms with Crippen molar-refractivity contribution in [3.8, 4) is 0 Å². The minimum Gasteiger partial charge on any atom is -0.390 e. The average Bonchev–Trinajstić information content (AvgIpc) is 2.87. The van der Waals surface area contributed by atoms with Gasteiger partial charge < -0.3 is 20.7 Å². The molecule has 19 heavy (non-hydrogen) atoms. The lowest BCUT2D eigenvalue weighted by atomic mass is 10.1. The van der Waals surface area contributed by atoms with E-state index in [0.29, 0.717) is 6.42 Å². The predicted molar refractivity (Wildman–Crippen MR) is 62.1 cm³/mol. The van der Waals surface area contributed by atoms with Gasteiger partial charge in [0, 0.05) is 6.42 Å². The first-order valence-electron chi connectivity index (χ1n) is 5.85. The third-order valence-corrected chi connectivity index (χ3v) is 3.60. The Hall–Kier alpha value is -1.97. The van der Waals surface area contributed by atoms with E-state index >= 15 is 0 Å². The molecule has 1 fully saturated rings. The number of rotatable bonds is 0. The molecule has 0 radical (unpaired) electrons. The molecule has 0 saturated carbocycles. The van der Waals surface area contributed by atoms with Crippen molar-refractivity contribution in [3.63, 3.8) is 0 Å². The maximum Gasteiger partial charge on any atom is 0.280 e. The molecule has 0 aliphatic carbocycles. The fraction of sp³-hybridized carbons (Fsp3) is 0.500. The Balaban J connectivity index is 2.06. The van der Waals surface area contributed by atoms with Gasteiger partial charge in [0.25, 0.3) is 5.56 Å². The largest absolute Gasteiger partial charge is 0.390 e. The molecule has 4 atom stereocenters. The molecule has 2 aromatic rings. The van der Waals surface area contributed by atoms with Gasteiger partial charge in [0.15, 0.2) is 11.2 Å². The highest BCUT2D eigenvalue weighted by atomic mass is 16.5. The zero-order valence-electron chi connectivity index (χ0n) is 9.65. The van der Waals surface area contributed by atoms with Crippen LogP contribution in [0.15, 0.2) is 4.79 Å². The van der Waals surface area contributed by atoms with Gasteiger partial charge in [0.05, 0.1) is 6.10 Å². The van der Waals surface area contributed by atoms with E-state index in [2.05, 4.69) is 15.0 Å². The number of nitrogen functional groups attached to an aromatic ring is 1. The Bertz CT molecular complexity index is 737. The summed E-state index contributed by atoms with van der Waals surface area (Å²) in [7, 11) is 0. The SMILES string of the molecule is Nc1nc2c(nc3n2C2CC(O)C(O2)C3O)c(=O)[nH]1. The van der Waals surface area contributed by atoms with Gasteiger partial charge in [-0.05, 0) is 0 Å². The maximum absolute atomic E-state index is 11.8. The number of imidazole rings is 1. The number of aromatic amines is 1. The zero-order chi connectivity index (χ0) is 13.3. The maximum atomic E-state index is 11.8.